The fourth-order valence-electron chi connectivity index (χ4n) is 11.6. The summed E-state index contributed by atoms with van der Waals surface area (Å²) >= 11 is 0. The molecule has 394 valence electrons. The van der Waals surface area contributed by atoms with Gasteiger partial charge in [0.1, 0.15) is 29.1 Å². The zero-order valence-electron chi connectivity index (χ0n) is 42.0. The summed E-state index contributed by atoms with van der Waals surface area (Å²) in [5.74, 6) is -2.55. The molecule has 0 radical (unpaired) electrons. The molecule has 6 fully saturated rings. The minimum Gasteiger partial charge on any atom is -0.462 e. The van der Waals surface area contributed by atoms with E-state index in [0.717, 1.165) is 102 Å². The molecule has 9 rings (SSSR count). The molecule has 2 aromatic heterocycles. The van der Waals surface area contributed by atoms with Crippen molar-refractivity contribution in [3.05, 3.63) is 53.5 Å². The standard InChI is InChI=1S/C51H69F2N13O7/c1-3-73-50(72)39-29-54-51(57-36-28-55-61(2)31-36)60-45(39)56-35-8-10-37(11-9-35)63-22-24-66(25-23-63)49(71)34-6-4-33(5-7-34)48(70)65-16-14-32(15-17-65)30-62-18-20-64(21-19-62)43-27-40(52)38(26-41(43)53)46(68)58-42-12-13-44(67)59-47(42)69/h26-29,31-35,37,42H,3-25,30H2,1-2H3,(H,58,68)(H,59,67,69)(H2,54,56,57,60). The van der Waals surface area contributed by atoms with Crippen LogP contribution in [0, 0.1) is 29.4 Å². The fraction of sp³-hybridized carbons (Fsp3) is 0.627. The molecular formula is C51H69F2N13O7. The summed E-state index contributed by atoms with van der Waals surface area (Å²) in [6.07, 6.45) is 13.7. The number of ether oxygens (including phenoxy) is 1. The van der Waals surface area contributed by atoms with Crippen LogP contribution in [-0.2, 0) is 31.0 Å². The Kier molecular flexibility index (Phi) is 16.5. The Hall–Kier alpha value is -6.29. The molecule has 22 heteroatoms. The average Bonchev–Trinajstić information content (AvgIpc) is 3.81. The highest BCUT2D eigenvalue weighted by molar-refractivity contribution is 6.04. The topological polar surface area (TPSA) is 220 Å². The van der Waals surface area contributed by atoms with Crippen molar-refractivity contribution in [3.8, 4) is 0 Å². The number of esters is 1. The normalized spacial score (nSPS) is 24.7. The van der Waals surface area contributed by atoms with Crippen molar-refractivity contribution in [1.29, 1.82) is 0 Å². The number of imide groups is 1. The molecule has 5 amide bonds. The number of hydrogen-bond acceptors (Lipinski definition) is 15. The van der Waals surface area contributed by atoms with E-state index in [0.29, 0.717) is 81.6 Å². The number of piperidine rings is 2. The second-order valence-corrected chi connectivity index (χ2v) is 20.6. The smallest absolute Gasteiger partial charge is 0.343 e. The number of aryl methyl sites for hydroxylation is 1. The van der Waals surface area contributed by atoms with Gasteiger partial charge in [0.05, 0.1) is 29.7 Å². The molecule has 73 heavy (non-hydrogen) atoms. The number of piperazine rings is 2. The number of benzene rings is 1. The number of aromatic nitrogens is 4. The van der Waals surface area contributed by atoms with E-state index in [9.17, 15) is 28.8 Å². The third kappa shape index (κ3) is 12.6. The van der Waals surface area contributed by atoms with Crippen LogP contribution >= 0.6 is 0 Å². The number of rotatable bonds is 14. The van der Waals surface area contributed by atoms with Gasteiger partial charge in [-0.15, -0.1) is 0 Å². The summed E-state index contributed by atoms with van der Waals surface area (Å²) in [6, 6.07) is 1.46. The van der Waals surface area contributed by atoms with Gasteiger partial charge in [-0.3, -0.25) is 43.8 Å². The molecule has 0 spiro atoms. The minimum absolute atomic E-state index is 0.0436. The maximum atomic E-state index is 15.3. The Balaban J connectivity index is 0.655. The fourth-order valence-corrected chi connectivity index (χ4v) is 11.6. The molecule has 20 nitrogen and oxygen atoms in total. The lowest BCUT2D eigenvalue weighted by Crippen LogP contribution is -2.54. The zero-order chi connectivity index (χ0) is 51.2. The molecule has 1 unspecified atom stereocenters. The largest absolute Gasteiger partial charge is 0.462 e. The number of hydrogen-bond donors (Lipinski definition) is 4. The maximum absolute atomic E-state index is 15.3. The summed E-state index contributed by atoms with van der Waals surface area (Å²) in [4.78, 5) is 96.2. The van der Waals surface area contributed by atoms with Crippen molar-refractivity contribution < 1.29 is 42.3 Å². The van der Waals surface area contributed by atoms with Crippen LogP contribution in [0.5, 0.6) is 0 Å². The Morgan fingerprint density at radius 2 is 1.44 bits per heavy atom. The molecule has 1 aromatic carbocycles. The molecule has 0 bridgehead atoms. The van der Waals surface area contributed by atoms with E-state index < -0.39 is 46.9 Å². The average molecular weight is 1010 g/mol. The van der Waals surface area contributed by atoms with Crippen LogP contribution in [0.1, 0.15) is 105 Å². The number of amides is 5. The lowest BCUT2D eigenvalue weighted by molar-refractivity contribution is -0.143. The van der Waals surface area contributed by atoms with Gasteiger partial charge in [0.2, 0.25) is 29.6 Å². The zero-order valence-corrected chi connectivity index (χ0v) is 42.0. The van der Waals surface area contributed by atoms with Crippen molar-refractivity contribution >= 4 is 58.6 Å². The van der Waals surface area contributed by atoms with Crippen LogP contribution in [0.2, 0.25) is 0 Å². The maximum Gasteiger partial charge on any atom is 0.343 e. The first kappa shape index (κ1) is 51.6. The van der Waals surface area contributed by atoms with Crippen molar-refractivity contribution in [2.45, 2.75) is 102 Å². The summed E-state index contributed by atoms with van der Waals surface area (Å²) < 4.78 is 37.5. The predicted octanol–water partition coefficient (Wildman–Crippen LogP) is 3.68. The third-order valence-corrected chi connectivity index (χ3v) is 15.8. The Morgan fingerprint density at radius 3 is 2.07 bits per heavy atom. The summed E-state index contributed by atoms with van der Waals surface area (Å²) in [5, 5.41) is 15.4. The van der Waals surface area contributed by atoms with Crippen LogP contribution in [-0.4, -0.2) is 172 Å². The molecule has 3 aromatic rings. The van der Waals surface area contributed by atoms with Gasteiger partial charge in [0.25, 0.3) is 5.91 Å². The van der Waals surface area contributed by atoms with Gasteiger partial charge in [0.15, 0.2) is 0 Å². The molecule has 4 saturated heterocycles. The molecule has 2 aliphatic carbocycles. The number of likely N-dealkylation sites (tertiary alicyclic amines) is 1. The number of anilines is 4. The van der Waals surface area contributed by atoms with E-state index in [-0.39, 0.29) is 54.8 Å². The lowest BCUT2D eigenvalue weighted by atomic mass is 9.80. The van der Waals surface area contributed by atoms with E-state index >= 15 is 8.78 Å². The van der Waals surface area contributed by atoms with Crippen LogP contribution in [0.3, 0.4) is 0 Å². The second kappa shape index (κ2) is 23.3. The molecule has 6 heterocycles. The number of nitrogens with one attached hydrogen (secondary N) is 4. The molecule has 4 aliphatic heterocycles. The van der Waals surface area contributed by atoms with Crippen molar-refractivity contribution in [2.24, 2.45) is 24.8 Å². The first-order valence-corrected chi connectivity index (χ1v) is 26.3. The highest BCUT2D eigenvalue weighted by Crippen LogP contribution is 2.34. The first-order chi connectivity index (χ1) is 35.3. The Morgan fingerprint density at radius 1 is 0.767 bits per heavy atom. The van der Waals surface area contributed by atoms with Crippen molar-refractivity contribution in [1.82, 2.24) is 50.0 Å². The van der Waals surface area contributed by atoms with Gasteiger partial charge in [-0.25, -0.2) is 18.6 Å². The molecule has 4 N–H and O–H groups in total. The van der Waals surface area contributed by atoms with Gasteiger partial charge >= 0.3 is 5.97 Å². The number of nitrogens with zero attached hydrogens (tertiary/aromatic N) is 9. The van der Waals surface area contributed by atoms with E-state index in [4.69, 9.17) is 4.74 Å². The van der Waals surface area contributed by atoms with Crippen molar-refractivity contribution in [3.63, 3.8) is 0 Å². The van der Waals surface area contributed by atoms with Gasteiger partial charge < -0.3 is 35.4 Å². The predicted molar refractivity (Wildman–Crippen MR) is 266 cm³/mol. The number of halogens is 2. The molecule has 6 aliphatic rings. The SMILES string of the molecule is CCOC(=O)c1cnc(Nc2cnn(C)c2)nc1NC1CCC(N2CCN(C(=O)C3CCC(C(=O)N4CCC(CN5CCN(c6cc(F)c(C(=O)NC7CCC(=O)NC7=O)cc6F)CC5)CC4)CC3)CC2)CC1. The lowest BCUT2D eigenvalue weighted by Gasteiger charge is -2.43. The van der Waals surface area contributed by atoms with Gasteiger partial charge in [-0.05, 0) is 89.5 Å². The van der Waals surface area contributed by atoms with Crippen LogP contribution in [0.15, 0.2) is 30.7 Å². The first-order valence-electron chi connectivity index (χ1n) is 26.3. The summed E-state index contributed by atoms with van der Waals surface area (Å²) in [5.41, 5.74) is 0.618. The Labute approximate surface area is 424 Å². The van der Waals surface area contributed by atoms with Gasteiger partial charge in [0, 0.05) is 128 Å². The van der Waals surface area contributed by atoms with E-state index in [1.54, 1.807) is 22.7 Å². The van der Waals surface area contributed by atoms with E-state index in [1.807, 2.05) is 23.0 Å². The van der Waals surface area contributed by atoms with Crippen LogP contribution in [0.4, 0.5) is 31.9 Å². The second-order valence-electron chi connectivity index (χ2n) is 20.6. The number of carbonyl (C=O) groups excluding carboxylic acids is 6. The highest BCUT2D eigenvalue weighted by atomic mass is 19.1. The van der Waals surface area contributed by atoms with E-state index in [2.05, 4.69) is 46.1 Å². The molecule has 2 saturated carbocycles. The van der Waals surface area contributed by atoms with E-state index in [1.165, 1.54) is 6.20 Å². The Bertz CT molecular complexity index is 2490. The summed E-state index contributed by atoms with van der Waals surface area (Å²) in [6.45, 7) is 9.71. The molecule has 1 atom stereocenters. The van der Waals surface area contributed by atoms with Gasteiger partial charge in [-0.1, -0.05) is 0 Å². The van der Waals surface area contributed by atoms with Crippen molar-refractivity contribution in [2.75, 3.05) is 94.1 Å². The minimum atomic E-state index is -1.000. The van der Waals surface area contributed by atoms with Crippen LogP contribution in [0.25, 0.3) is 0 Å². The number of carbonyl (C=O) groups is 6. The van der Waals surface area contributed by atoms with Crippen LogP contribution < -0.4 is 26.2 Å². The quantitative estimate of drug-likeness (QED) is 0.134. The third-order valence-electron chi connectivity index (χ3n) is 15.8. The highest BCUT2D eigenvalue weighted by Gasteiger charge is 2.38. The molecular weight excluding hydrogens is 945 g/mol. The van der Waals surface area contributed by atoms with Gasteiger partial charge in [-0.2, -0.15) is 10.1 Å². The summed E-state index contributed by atoms with van der Waals surface area (Å²) in [7, 11) is 1.83. The monoisotopic (exact) mass is 1010 g/mol.